The van der Waals surface area contributed by atoms with Gasteiger partial charge in [-0.1, -0.05) is 30.3 Å². The molecule has 1 saturated heterocycles. The van der Waals surface area contributed by atoms with Crippen LogP contribution in [0.25, 0.3) is 0 Å². The fraction of sp³-hybridized carbons (Fsp3) is 0.375. The van der Waals surface area contributed by atoms with Crippen molar-refractivity contribution in [2.75, 3.05) is 6.54 Å². The van der Waals surface area contributed by atoms with Gasteiger partial charge in [-0.2, -0.15) is 0 Å². The Kier molecular flexibility index (Phi) is 5.29. The largest absolute Gasteiger partial charge is 0.322 e. The predicted octanol–water partition coefficient (Wildman–Crippen LogP) is 1.38. The van der Waals surface area contributed by atoms with Crippen LogP contribution in [0.15, 0.2) is 36.4 Å². The summed E-state index contributed by atoms with van der Waals surface area (Å²) < 4.78 is 0. The summed E-state index contributed by atoms with van der Waals surface area (Å²) in [4.78, 5) is 38.3. The highest BCUT2D eigenvalue weighted by atomic mass is 16.2. The number of fused-ring (bicyclic) bond motifs is 2. The summed E-state index contributed by atoms with van der Waals surface area (Å²) in [5, 5.41) is 9.26. The Morgan fingerprint density at radius 1 is 1.03 bits per heavy atom. The van der Waals surface area contributed by atoms with Crippen LogP contribution in [-0.4, -0.2) is 35.2 Å². The Labute approximate surface area is 181 Å². The molecule has 1 atom stereocenters. The summed E-state index contributed by atoms with van der Waals surface area (Å²) in [5.74, 6) is -0.775. The van der Waals surface area contributed by atoms with E-state index in [0.29, 0.717) is 25.1 Å². The van der Waals surface area contributed by atoms with E-state index in [2.05, 4.69) is 34.1 Å². The first-order valence-electron chi connectivity index (χ1n) is 10.9. The Balaban J connectivity index is 1.26. The molecule has 0 radical (unpaired) electrons. The van der Waals surface area contributed by atoms with Crippen molar-refractivity contribution in [2.24, 2.45) is 0 Å². The van der Waals surface area contributed by atoms with E-state index < -0.39 is 6.04 Å². The molecule has 0 aromatic heterocycles. The molecular weight excluding hydrogens is 392 g/mol. The number of rotatable bonds is 5. The normalized spacial score (nSPS) is 20.5. The van der Waals surface area contributed by atoms with Crippen molar-refractivity contribution in [1.82, 2.24) is 20.9 Å². The van der Waals surface area contributed by atoms with Crippen molar-refractivity contribution >= 4 is 17.7 Å². The van der Waals surface area contributed by atoms with Crippen molar-refractivity contribution < 1.29 is 14.4 Å². The van der Waals surface area contributed by atoms with Crippen molar-refractivity contribution in [3.8, 4) is 0 Å². The minimum atomic E-state index is -0.580. The van der Waals surface area contributed by atoms with Crippen LogP contribution in [0.1, 0.15) is 51.0 Å². The fourth-order valence-electron chi connectivity index (χ4n) is 4.80. The second-order valence-electron chi connectivity index (χ2n) is 8.48. The summed E-state index contributed by atoms with van der Waals surface area (Å²) in [5.41, 5.74) is 6.76. The van der Waals surface area contributed by atoms with Crippen molar-refractivity contribution in [3.05, 3.63) is 69.8 Å². The van der Waals surface area contributed by atoms with Crippen molar-refractivity contribution in [3.63, 3.8) is 0 Å². The molecule has 0 aliphatic carbocycles. The Hall–Kier alpha value is -3.03. The lowest BCUT2D eigenvalue weighted by molar-refractivity contribution is -0.136. The van der Waals surface area contributed by atoms with Gasteiger partial charge in [0, 0.05) is 38.2 Å². The molecule has 3 heterocycles. The molecule has 0 bridgehead atoms. The average Bonchev–Trinajstić information content (AvgIpc) is 3.11. The van der Waals surface area contributed by atoms with E-state index >= 15 is 0 Å². The summed E-state index contributed by atoms with van der Waals surface area (Å²) in [6.45, 7) is 3.78. The lowest BCUT2D eigenvalue weighted by atomic mass is 9.98. The number of benzene rings is 2. The number of nitrogens with zero attached hydrogens (tertiary/aromatic N) is 1. The molecule has 2 aromatic rings. The maximum atomic E-state index is 12.9. The minimum absolute atomic E-state index is 0.130. The molecule has 5 rings (SSSR count). The zero-order valence-electron chi connectivity index (χ0n) is 17.4. The van der Waals surface area contributed by atoms with E-state index in [1.165, 1.54) is 16.7 Å². The van der Waals surface area contributed by atoms with Crippen molar-refractivity contribution in [1.29, 1.82) is 0 Å². The standard InChI is InChI=1S/C24H26N4O3/c29-22-7-6-21(23(30)27-22)28-14-20-18(2-1-3-19(20)24(28)31)13-26-11-15-4-5-17-12-25-9-8-16(17)10-15/h1-5,10,21,25-26H,6-9,11-14H2,(H,27,29,30). The highest BCUT2D eigenvalue weighted by molar-refractivity contribution is 6.05. The van der Waals surface area contributed by atoms with Gasteiger partial charge in [0.05, 0.1) is 0 Å². The third-order valence-electron chi connectivity index (χ3n) is 6.48. The minimum Gasteiger partial charge on any atom is -0.322 e. The van der Waals surface area contributed by atoms with E-state index in [4.69, 9.17) is 0 Å². The maximum Gasteiger partial charge on any atom is 0.255 e. The van der Waals surface area contributed by atoms with Crippen LogP contribution in [0.4, 0.5) is 0 Å². The van der Waals surface area contributed by atoms with Crippen LogP contribution >= 0.6 is 0 Å². The first-order valence-corrected chi connectivity index (χ1v) is 10.9. The van der Waals surface area contributed by atoms with Gasteiger partial charge in [0.25, 0.3) is 5.91 Å². The summed E-state index contributed by atoms with van der Waals surface area (Å²) in [7, 11) is 0. The first-order chi connectivity index (χ1) is 15.1. The molecule has 3 N–H and O–H groups in total. The molecule has 3 aliphatic heterocycles. The van der Waals surface area contributed by atoms with Gasteiger partial charge < -0.3 is 15.5 Å². The number of hydrogen-bond acceptors (Lipinski definition) is 5. The van der Waals surface area contributed by atoms with Gasteiger partial charge >= 0.3 is 0 Å². The van der Waals surface area contributed by atoms with Crippen LogP contribution in [0.3, 0.4) is 0 Å². The third-order valence-corrected chi connectivity index (χ3v) is 6.48. The van der Waals surface area contributed by atoms with Crippen LogP contribution in [0.2, 0.25) is 0 Å². The number of amides is 3. The summed E-state index contributed by atoms with van der Waals surface area (Å²) in [6, 6.07) is 11.8. The average molecular weight is 418 g/mol. The van der Waals surface area contributed by atoms with Crippen LogP contribution in [0.5, 0.6) is 0 Å². The van der Waals surface area contributed by atoms with Gasteiger partial charge in [-0.05, 0) is 53.3 Å². The molecule has 31 heavy (non-hydrogen) atoms. The molecule has 1 fully saturated rings. The highest BCUT2D eigenvalue weighted by Gasteiger charge is 2.39. The van der Waals surface area contributed by atoms with E-state index in [1.54, 1.807) is 4.90 Å². The maximum absolute atomic E-state index is 12.9. The van der Waals surface area contributed by atoms with Crippen LogP contribution in [-0.2, 0) is 42.2 Å². The molecule has 1 unspecified atom stereocenters. The van der Waals surface area contributed by atoms with E-state index in [1.807, 2.05) is 18.2 Å². The first kappa shape index (κ1) is 19.9. The number of nitrogens with one attached hydrogen (secondary N) is 3. The summed E-state index contributed by atoms with van der Waals surface area (Å²) >= 11 is 0. The Morgan fingerprint density at radius 3 is 2.81 bits per heavy atom. The number of piperidine rings is 1. The number of carbonyl (C=O) groups excluding carboxylic acids is 3. The van der Waals surface area contributed by atoms with Crippen LogP contribution in [0, 0.1) is 0 Å². The lowest BCUT2D eigenvalue weighted by Gasteiger charge is -2.29. The zero-order valence-corrected chi connectivity index (χ0v) is 17.4. The number of hydrogen-bond donors (Lipinski definition) is 3. The highest BCUT2D eigenvalue weighted by Crippen LogP contribution is 2.29. The topological polar surface area (TPSA) is 90.5 Å². The molecular formula is C24H26N4O3. The van der Waals surface area contributed by atoms with E-state index in [0.717, 1.165) is 37.2 Å². The molecule has 2 aromatic carbocycles. The van der Waals surface area contributed by atoms with Gasteiger partial charge in [-0.25, -0.2) is 0 Å². The molecule has 3 amide bonds. The van der Waals surface area contributed by atoms with E-state index in [-0.39, 0.29) is 24.1 Å². The fourth-order valence-corrected chi connectivity index (χ4v) is 4.80. The molecule has 7 heteroatoms. The monoisotopic (exact) mass is 418 g/mol. The third kappa shape index (κ3) is 3.86. The quantitative estimate of drug-likeness (QED) is 0.639. The lowest BCUT2D eigenvalue weighted by Crippen LogP contribution is -2.52. The molecule has 7 nitrogen and oxygen atoms in total. The van der Waals surface area contributed by atoms with Gasteiger partial charge in [-0.3, -0.25) is 19.7 Å². The van der Waals surface area contributed by atoms with Crippen LogP contribution < -0.4 is 16.0 Å². The Morgan fingerprint density at radius 2 is 1.94 bits per heavy atom. The molecule has 3 aliphatic rings. The van der Waals surface area contributed by atoms with Gasteiger partial charge in [-0.15, -0.1) is 0 Å². The second-order valence-corrected chi connectivity index (χ2v) is 8.48. The second kappa shape index (κ2) is 8.24. The van der Waals surface area contributed by atoms with Gasteiger partial charge in [0.2, 0.25) is 11.8 Å². The van der Waals surface area contributed by atoms with E-state index in [9.17, 15) is 14.4 Å². The number of carbonyl (C=O) groups is 3. The predicted molar refractivity (Wildman–Crippen MR) is 115 cm³/mol. The smallest absolute Gasteiger partial charge is 0.255 e. The molecule has 0 spiro atoms. The Bertz CT molecular complexity index is 1060. The molecule has 0 saturated carbocycles. The van der Waals surface area contributed by atoms with Gasteiger partial charge in [0.15, 0.2) is 0 Å². The number of imide groups is 1. The SMILES string of the molecule is O=C1CCC(N2Cc3c(CNCc4ccc5c(c4)CCNC5)cccc3C2=O)C(=O)N1. The van der Waals surface area contributed by atoms with Gasteiger partial charge in [0.1, 0.15) is 6.04 Å². The zero-order chi connectivity index (χ0) is 21.4. The van der Waals surface area contributed by atoms with Crippen molar-refractivity contribution in [2.45, 2.75) is 51.5 Å². The summed E-state index contributed by atoms with van der Waals surface area (Å²) in [6.07, 6.45) is 1.71. The molecule has 160 valence electrons.